The van der Waals surface area contributed by atoms with E-state index >= 15 is 0 Å². The van der Waals surface area contributed by atoms with Gasteiger partial charge in [0.25, 0.3) is 0 Å². The maximum Gasteiger partial charge on any atom is 0.523 e. The van der Waals surface area contributed by atoms with E-state index in [2.05, 4.69) is 86.7 Å². The summed E-state index contributed by atoms with van der Waals surface area (Å²) in [6, 6.07) is 29.8. The minimum atomic E-state index is -5.35. The van der Waals surface area contributed by atoms with Gasteiger partial charge in [-0.1, -0.05) is 175 Å². The lowest BCUT2D eigenvalue weighted by Crippen LogP contribution is -2.62. The number of rotatable bonds is 11. The number of benzene rings is 6. The van der Waals surface area contributed by atoms with Gasteiger partial charge in [-0.3, -0.25) is 18.5 Å². The van der Waals surface area contributed by atoms with Crippen LogP contribution in [0.4, 0.5) is 108 Å². The number of halogens is 19. The SMILES string of the molecule is CCC.CCN1C(=O)N[C@](C#CC2CC2)(C(F)(F)F)c2cc(Cl)ccc21.CCOS(=O)(=O)C(F)(F)F.O=C1N[C@](C#CC2CC2)(C(F)(F)F)c2cc(Cl)ccc2N1CP(=O)(OCc1ccccc1)OCc1ccccc1.O=C1Nc2ccc(Cl)cc2[C@@](C#CC2CC2)(C(F)(F)F)N1.O=C1Nc2ccc(Cl)cc2[C@@](C#CC2CC2)(C(F)(F)F)N1. The highest BCUT2D eigenvalue weighted by Gasteiger charge is 2.64. The molecule has 0 bridgehead atoms. The fourth-order valence-corrected chi connectivity index (χ4v) is 14.0. The molecule has 632 valence electrons. The molecule has 4 aliphatic heterocycles. The van der Waals surface area contributed by atoms with Crippen LogP contribution < -0.4 is 41.7 Å². The maximum absolute atomic E-state index is 14.6. The van der Waals surface area contributed by atoms with E-state index in [1.165, 1.54) is 78.1 Å². The third-order valence-corrected chi connectivity index (χ3v) is 21.6. The monoisotopic (exact) mass is 1780 g/mol. The minimum Gasteiger partial charge on any atom is -0.310 e. The van der Waals surface area contributed by atoms with Crippen molar-refractivity contribution in [2.24, 2.45) is 23.7 Å². The molecule has 14 rings (SSSR count). The van der Waals surface area contributed by atoms with Crippen LogP contribution in [0.1, 0.15) is 119 Å². The van der Waals surface area contributed by atoms with Crippen molar-refractivity contribution in [3.8, 4) is 47.4 Å². The first-order valence-corrected chi connectivity index (χ1v) is 40.7. The Morgan fingerprint density at radius 2 is 0.737 bits per heavy atom. The number of nitrogens with zero attached hydrogens (tertiary/aromatic N) is 2. The number of amides is 8. The van der Waals surface area contributed by atoms with E-state index in [1.807, 2.05) is 22.8 Å². The zero-order valence-electron chi connectivity index (χ0n) is 62.4. The van der Waals surface area contributed by atoms with Gasteiger partial charge in [-0.05, 0) is 149 Å². The number of fused-ring (bicyclic) bond motifs is 4. The highest BCUT2D eigenvalue weighted by atomic mass is 35.5. The van der Waals surface area contributed by atoms with E-state index in [-0.39, 0.29) is 109 Å². The summed E-state index contributed by atoms with van der Waals surface area (Å²) in [6.07, 6.45) is -12.5. The lowest BCUT2D eigenvalue weighted by atomic mass is 9.85. The molecule has 0 radical (unpaired) electrons. The van der Waals surface area contributed by atoms with Gasteiger partial charge in [0.1, 0.15) is 6.29 Å². The summed E-state index contributed by atoms with van der Waals surface area (Å²) in [5.74, 6) is 19.3. The van der Waals surface area contributed by atoms with E-state index < -0.39 is 107 Å². The summed E-state index contributed by atoms with van der Waals surface area (Å²) in [5.41, 5.74) is -15.8. The van der Waals surface area contributed by atoms with Crippen molar-refractivity contribution in [3.63, 3.8) is 0 Å². The van der Waals surface area contributed by atoms with Gasteiger partial charge in [-0.15, -0.1) is 0 Å². The average Bonchev–Trinajstić information content (AvgIpc) is 1.01. The Hall–Kier alpha value is -9.19. The van der Waals surface area contributed by atoms with Crippen molar-refractivity contribution in [2.45, 2.75) is 151 Å². The predicted octanol–water partition coefficient (Wildman–Crippen LogP) is 21.3. The molecule has 18 nitrogen and oxygen atoms in total. The number of urea groups is 4. The Kier molecular flexibility index (Phi) is 29.2. The Labute approximate surface area is 688 Å². The van der Waals surface area contributed by atoms with E-state index in [0.717, 1.165) is 56.4 Å². The van der Waals surface area contributed by atoms with Crippen LogP contribution in [0.2, 0.25) is 20.1 Å². The lowest BCUT2D eigenvalue weighted by Gasteiger charge is -2.42. The van der Waals surface area contributed by atoms with Crippen LogP contribution >= 0.6 is 54.0 Å². The Morgan fingerprint density at radius 1 is 0.441 bits per heavy atom. The minimum absolute atomic E-state index is 0.0283. The molecule has 0 saturated heterocycles. The molecule has 4 fully saturated rings. The van der Waals surface area contributed by atoms with E-state index in [0.29, 0.717) is 24.0 Å². The van der Waals surface area contributed by atoms with Gasteiger partial charge >= 0.3 is 72.1 Å². The second-order valence-corrected chi connectivity index (χ2v) is 32.7. The molecule has 6 N–H and O–H groups in total. The zero-order valence-corrected chi connectivity index (χ0v) is 67.2. The first kappa shape index (κ1) is 92.7. The molecule has 0 unspecified atom stereocenters. The van der Waals surface area contributed by atoms with Gasteiger partial charge in [0.2, 0.25) is 22.2 Å². The van der Waals surface area contributed by atoms with Crippen molar-refractivity contribution in [3.05, 3.63) is 187 Å². The summed E-state index contributed by atoms with van der Waals surface area (Å²) in [5, 5.41) is 13.1. The maximum atomic E-state index is 14.6. The average molecular weight is 1780 g/mol. The molecule has 39 heteroatoms. The van der Waals surface area contributed by atoms with Gasteiger partial charge in [0, 0.05) is 83.9 Å². The Balaban J connectivity index is 0.000000177. The normalized spacial score (nSPS) is 21.0. The van der Waals surface area contributed by atoms with Gasteiger partial charge in [0.15, 0.2) is 0 Å². The molecule has 8 amide bonds. The number of hydrogen-bond donors (Lipinski definition) is 6. The van der Waals surface area contributed by atoms with Crippen molar-refractivity contribution in [1.29, 1.82) is 0 Å². The van der Waals surface area contributed by atoms with Crippen LogP contribution in [0, 0.1) is 71.0 Å². The van der Waals surface area contributed by atoms with E-state index in [4.69, 9.17) is 55.5 Å². The van der Waals surface area contributed by atoms with Crippen molar-refractivity contribution in [1.82, 2.24) is 21.3 Å². The summed E-state index contributed by atoms with van der Waals surface area (Å²) in [4.78, 5) is 51.0. The van der Waals surface area contributed by atoms with Crippen molar-refractivity contribution >= 4 is 111 Å². The quantitative estimate of drug-likeness (QED) is 0.0236. The molecule has 4 saturated carbocycles. The number of anilines is 4. The summed E-state index contributed by atoms with van der Waals surface area (Å²) in [7, 11) is -9.46. The Bertz CT molecular complexity index is 4990. The molecular formula is C79H72Cl4F15N8O10PS. The van der Waals surface area contributed by atoms with E-state index in [9.17, 15) is 98.0 Å². The number of carbonyl (C=O) groups is 4. The van der Waals surface area contributed by atoms with Crippen LogP contribution in [0.3, 0.4) is 0 Å². The summed E-state index contributed by atoms with van der Waals surface area (Å²) < 4.78 is 250. The third kappa shape index (κ3) is 22.4. The second kappa shape index (κ2) is 37.2. The molecular weight excluding hydrogens is 1710 g/mol. The zero-order chi connectivity index (χ0) is 86.8. The lowest BCUT2D eigenvalue weighted by molar-refractivity contribution is -0.179. The van der Waals surface area contributed by atoms with Gasteiger partial charge in [0.05, 0.1) is 31.2 Å². The molecule has 4 atom stereocenters. The molecule has 6 aromatic carbocycles. The first-order chi connectivity index (χ1) is 55.2. The van der Waals surface area contributed by atoms with Crippen LogP contribution in [-0.2, 0) is 63.3 Å². The van der Waals surface area contributed by atoms with Crippen LogP contribution in [0.25, 0.3) is 0 Å². The highest BCUT2D eigenvalue weighted by Crippen LogP contribution is 2.55. The number of nitrogens with one attached hydrogen (secondary N) is 6. The largest absolute Gasteiger partial charge is 0.523 e. The summed E-state index contributed by atoms with van der Waals surface area (Å²) in [6.45, 7) is 6.62. The van der Waals surface area contributed by atoms with Gasteiger partial charge in [-0.2, -0.15) is 74.3 Å². The second-order valence-electron chi connectivity index (χ2n) is 27.3. The number of carbonyl (C=O) groups excluding carboxylic acids is 4. The molecule has 4 aliphatic carbocycles. The van der Waals surface area contributed by atoms with E-state index in [1.54, 1.807) is 55.5 Å². The fraction of sp³-hybridized carbons (Fsp3) is 0.392. The van der Waals surface area contributed by atoms with Crippen molar-refractivity contribution in [2.75, 3.05) is 39.9 Å². The third-order valence-electron chi connectivity index (χ3n) is 17.8. The highest BCUT2D eigenvalue weighted by molar-refractivity contribution is 7.87. The van der Waals surface area contributed by atoms with Gasteiger partial charge < -0.3 is 40.9 Å². The Morgan fingerprint density at radius 3 is 1.03 bits per heavy atom. The predicted molar refractivity (Wildman–Crippen MR) is 413 cm³/mol. The molecule has 0 spiro atoms. The van der Waals surface area contributed by atoms with Crippen LogP contribution in [0.5, 0.6) is 0 Å². The molecule has 118 heavy (non-hydrogen) atoms. The topological polar surface area (TPSA) is 226 Å². The van der Waals surface area contributed by atoms with Crippen LogP contribution in [-0.4, -0.2) is 82.2 Å². The number of alkyl halides is 15. The fourth-order valence-electron chi connectivity index (χ4n) is 11.3. The number of hydrogen-bond acceptors (Lipinski definition) is 10. The molecule has 6 aromatic rings. The molecule has 4 heterocycles. The smallest absolute Gasteiger partial charge is 0.310 e. The molecule has 8 aliphatic rings. The standard InChI is InChI=1S/C29H25ClF3N2O4P.C16H14ClF3N2O.2C14H10ClF3N2O.C3H5F3O3S.C3H8/c30-24-13-14-26-25(17-24)28(29(31,32)33,16-15-21-11-12-21)34-27(36)35(26)20-40(37,38-18-22-7-3-1-4-8-22)39-19-23-9-5-2-6-10-23;1-2-22-13-6-5-11(17)9-12(13)15(16(18,19)20,21-14(22)23)8-7-10-3-4-10;2*15-9-3-4-11-10(7-9)13(14(16,17)18,20-12(21)19-11)6-5-8-1-2-8;1-2-9-10(7,8)3(4,5)6;1-3-2/h1-10,13-14,17,21H,11-12,18-20H2,(H,34,36);5-6,9-10H,2-4H2,1H3,(H,21,23);2*3-4,7-8H,1-2H2,(H2,19,20,21);2H2,1H3;3H2,1-2H3/t28-;15-;2*13-;;/m0000../s1. The summed E-state index contributed by atoms with van der Waals surface area (Å²) >= 11 is 23.7. The van der Waals surface area contributed by atoms with Gasteiger partial charge in [-0.25, -0.2) is 19.2 Å². The van der Waals surface area contributed by atoms with Crippen LogP contribution in [0.15, 0.2) is 133 Å². The first-order valence-electron chi connectivity index (χ1n) is 36.1. The van der Waals surface area contributed by atoms with Crippen molar-refractivity contribution < 1.29 is 111 Å². The molecule has 0 aromatic heterocycles.